The largest absolute Gasteiger partial charge is 0.337 e. The van der Waals surface area contributed by atoms with E-state index in [9.17, 15) is 0 Å². The highest BCUT2D eigenvalue weighted by Gasteiger charge is 2.08. The number of aryl methyl sites for hydroxylation is 1. The van der Waals surface area contributed by atoms with Gasteiger partial charge in [0.25, 0.3) is 0 Å². The van der Waals surface area contributed by atoms with Gasteiger partial charge in [0, 0.05) is 18.9 Å². The lowest BCUT2D eigenvalue weighted by atomic mass is 9.92. The molecule has 3 heteroatoms. The van der Waals surface area contributed by atoms with Gasteiger partial charge in [-0.3, -0.25) is 0 Å². The van der Waals surface area contributed by atoms with Crippen molar-refractivity contribution in [2.75, 3.05) is 13.1 Å². The van der Waals surface area contributed by atoms with E-state index in [-0.39, 0.29) is 0 Å². The third-order valence-corrected chi connectivity index (χ3v) is 2.63. The highest BCUT2D eigenvalue weighted by atomic mass is 15.0. The summed E-state index contributed by atoms with van der Waals surface area (Å²) in [5, 5.41) is 3.50. The zero-order chi connectivity index (χ0) is 11.9. The van der Waals surface area contributed by atoms with Gasteiger partial charge in [-0.25, -0.2) is 4.98 Å². The maximum absolute atomic E-state index is 4.02. The van der Waals surface area contributed by atoms with Crippen molar-refractivity contribution in [3.05, 3.63) is 18.7 Å². The fourth-order valence-electron chi connectivity index (χ4n) is 1.55. The first-order valence-electron chi connectivity index (χ1n) is 6.24. The second-order valence-electron chi connectivity index (χ2n) is 5.57. The molecule has 0 spiro atoms. The van der Waals surface area contributed by atoms with Gasteiger partial charge >= 0.3 is 0 Å². The van der Waals surface area contributed by atoms with Crippen molar-refractivity contribution in [1.29, 1.82) is 0 Å². The van der Waals surface area contributed by atoms with E-state index >= 15 is 0 Å². The topological polar surface area (TPSA) is 29.9 Å². The second-order valence-corrected chi connectivity index (χ2v) is 5.57. The zero-order valence-electron chi connectivity index (χ0n) is 10.9. The van der Waals surface area contributed by atoms with Crippen LogP contribution in [0.3, 0.4) is 0 Å². The van der Waals surface area contributed by atoms with E-state index in [2.05, 4.69) is 35.6 Å². The molecule has 1 rings (SSSR count). The first-order chi connectivity index (χ1) is 7.58. The average Bonchev–Trinajstić information content (AvgIpc) is 2.67. The Labute approximate surface area is 99.3 Å². The Kier molecular flexibility index (Phi) is 5.53. The molecule has 3 nitrogen and oxygen atoms in total. The quantitative estimate of drug-likeness (QED) is 0.720. The lowest BCUT2D eigenvalue weighted by Gasteiger charge is -2.18. The van der Waals surface area contributed by atoms with Crippen LogP contribution in [-0.2, 0) is 6.54 Å². The minimum atomic E-state index is 0.448. The van der Waals surface area contributed by atoms with Crippen molar-refractivity contribution in [1.82, 2.24) is 14.9 Å². The van der Waals surface area contributed by atoms with Gasteiger partial charge in [0.1, 0.15) is 0 Å². The number of nitrogens with zero attached hydrogens (tertiary/aromatic N) is 2. The SMILES string of the molecule is CC(C)(C)CCNCCCCn1ccnc1. The molecule has 0 atom stereocenters. The van der Waals surface area contributed by atoms with E-state index in [1.54, 1.807) is 0 Å². The summed E-state index contributed by atoms with van der Waals surface area (Å²) in [6, 6.07) is 0. The van der Waals surface area contributed by atoms with Crippen LogP contribution in [0.25, 0.3) is 0 Å². The highest BCUT2D eigenvalue weighted by Crippen LogP contribution is 2.16. The molecule has 1 aromatic heterocycles. The Morgan fingerprint density at radius 2 is 2.00 bits per heavy atom. The number of rotatable bonds is 7. The van der Waals surface area contributed by atoms with Crippen molar-refractivity contribution < 1.29 is 0 Å². The molecule has 16 heavy (non-hydrogen) atoms. The summed E-state index contributed by atoms with van der Waals surface area (Å²) >= 11 is 0. The van der Waals surface area contributed by atoms with Gasteiger partial charge in [0.15, 0.2) is 0 Å². The van der Waals surface area contributed by atoms with Crippen LogP contribution in [0, 0.1) is 5.41 Å². The maximum atomic E-state index is 4.02. The minimum absolute atomic E-state index is 0.448. The van der Waals surface area contributed by atoms with E-state index in [0.717, 1.165) is 19.6 Å². The number of hydrogen-bond acceptors (Lipinski definition) is 2. The van der Waals surface area contributed by atoms with E-state index in [1.807, 2.05) is 18.7 Å². The maximum Gasteiger partial charge on any atom is 0.0945 e. The second kappa shape index (κ2) is 6.69. The number of aromatic nitrogens is 2. The van der Waals surface area contributed by atoms with E-state index in [1.165, 1.54) is 19.3 Å². The molecule has 1 aromatic rings. The van der Waals surface area contributed by atoms with Crippen LogP contribution in [0.1, 0.15) is 40.0 Å². The van der Waals surface area contributed by atoms with Crippen LogP contribution in [0.15, 0.2) is 18.7 Å². The van der Waals surface area contributed by atoms with Gasteiger partial charge in [0.2, 0.25) is 0 Å². The third-order valence-electron chi connectivity index (χ3n) is 2.63. The summed E-state index contributed by atoms with van der Waals surface area (Å²) in [6.45, 7) is 10.2. The predicted molar refractivity (Wildman–Crippen MR) is 68.4 cm³/mol. The molecule has 92 valence electrons. The smallest absolute Gasteiger partial charge is 0.0945 e. The molecule has 0 radical (unpaired) electrons. The fraction of sp³-hybridized carbons (Fsp3) is 0.769. The fourth-order valence-corrected chi connectivity index (χ4v) is 1.55. The van der Waals surface area contributed by atoms with Gasteiger partial charge in [-0.1, -0.05) is 20.8 Å². The van der Waals surface area contributed by atoms with Gasteiger partial charge in [0.05, 0.1) is 6.33 Å². The summed E-state index contributed by atoms with van der Waals surface area (Å²) in [5.74, 6) is 0. The first kappa shape index (κ1) is 13.2. The minimum Gasteiger partial charge on any atom is -0.337 e. The summed E-state index contributed by atoms with van der Waals surface area (Å²) in [6.07, 6.45) is 9.44. The molecule has 0 saturated carbocycles. The molecule has 0 aliphatic rings. The highest BCUT2D eigenvalue weighted by molar-refractivity contribution is 4.73. The normalized spacial score (nSPS) is 11.9. The Morgan fingerprint density at radius 3 is 2.62 bits per heavy atom. The van der Waals surface area contributed by atoms with Crippen molar-refractivity contribution in [2.24, 2.45) is 5.41 Å². The summed E-state index contributed by atoms with van der Waals surface area (Å²) in [7, 11) is 0. The number of hydrogen-bond donors (Lipinski definition) is 1. The van der Waals surface area contributed by atoms with E-state index in [4.69, 9.17) is 0 Å². The molecule has 0 fully saturated rings. The van der Waals surface area contributed by atoms with Crippen LogP contribution in [0.4, 0.5) is 0 Å². The molecule has 0 bridgehead atoms. The Bertz CT molecular complexity index is 259. The molecule has 0 saturated heterocycles. The summed E-state index contributed by atoms with van der Waals surface area (Å²) < 4.78 is 2.13. The van der Waals surface area contributed by atoms with Gasteiger partial charge in [-0.05, 0) is 37.8 Å². The zero-order valence-corrected chi connectivity index (χ0v) is 10.9. The van der Waals surface area contributed by atoms with Gasteiger partial charge in [-0.15, -0.1) is 0 Å². The Balaban J connectivity index is 1.89. The van der Waals surface area contributed by atoms with E-state index in [0.29, 0.717) is 5.41 Å². The molecular weight excluding hydrogens is 198 g/mol. The molecular formula is C13H25N3. The van der Waals surface area contributed by atoms with E-state index < -0.39 is 0 Å². The molecule has 0 amide bonds. The monoisotopic (exact) mass is 223 g/mol. The average molecular weight is 223 g/mol. The first-order valence-corrected chi connectivity index (χ1v) is 6.24. The van der Waals surface area contributed by atoms with Crippen LogP contribution in [0.2, 0.25) is 0 Å². The number of imidazole rings is 1. The van der Waals surface area contributed by atoms with Crippen LogP contribution >= 0.6 is 0 Å². The van der Waals surface area contributed by atoms with Crippen molar-refractivity contribution in [3.8, 4) is 0 Å². The molecule has 1 heterocycles. The lowest BCUT2D eigenvalue weighted by molar-refractivity contribution is 0.366. The van der Waals surface area contributed by atoms with Crippen LogP contribution in [0.5, 0.6) is 0 Å². The van der Waals surface area contributed by atoms with Gasteiger partial charge in [-0.2, -0.15) is 0 Å². The number of nitrogens with one attached hydrogen (secondary N) is 1. The van der Waals surface area contributed by atoms with Crippen LogP contribution in [-0.4, -0.2) is 22.6 Å². The predicted octanol–water partition coefficient (Wildman–Crippen LogP) is 2.69. The summed E-state index contributed by atoms with van der Waals surface area (Å²) in [5.41, 5.74) is 0.448. The standard InChI is InChI=1S/C13H25N3/c1-13(2,3)6-8-14-7-4-5-10-16-11-9-15-12-16/h9,11-12,14H,4-8,10H2,1-3H3. The molecule has 1 N–H and O–H groups in total. The third kappa shape index (κ3) is 6.62. The Hall–Kier alpha value is -0.830. The Morgan fingerprint density at radius 1 is 1.19 bits per heavy atom. The van der Waals surface area contributed by atoms with Crippen molar-refractivity contribution in [3.63, 3.8) is 0 Å². The number of unbranched alkanes of at least 4 members (excludes halogenated alkanes) is 1. The molecule has 0 unspecified atom stereocenters. The molecule has 0 aliphatic heterocycles. The van der Waals surface area contributed by atoms with Crippen molar-refractivity contribution in [2.45, 2.75) is 46.6 Å². The van der Waals surface area contributed by atoms with Gasteiger partial charge < -0.3 is 9.88 Å². The lowest BCUT2D eigenvalue weighted by Crippen LogP contribution is -2.21. The van der Waals surface area contributed by atoms with Crippen molar-refractivity contribution >= 4 is 0 Å². The summed E-state index contributed by atoms with van der Waals surface area (Å²) in [4.78, 5) is 4.02. The molecule has 0 aliphatic carbocycles. The van der Waals surface area contributed by atoms with Crippen LogP contribution < -0.4 is 5.32 Å². The molecule has 0 aromatic carbocycles.